The molecule has 2 heteroatoms. The topological polar surface area (TPSA) is 17.1 Å². The van der Waals surface area contributed by atoms with Gasteiger partial charge >= 0.3 is 0 Å². The van der Waals surface area contributed by atoms with Gasteiger partial charge in [-0.05, 0) is 18.8 Å². The Balaban J connectivity index is 2.61. The largest absolute Gasteiger partial charge is 0.284 e. The minimum Gasteiger partial charge on any atom is -0.284 e. The fourth-order valence-electron chi connectivity index (χ4n) is 0.810. The Hall–Kier alpha value is -0.553. The summed E-state index contributed by atoms with van der Waals surface area (Å²) in [6, 6.07) is 0. The second-order valence-electron chi connectivity index (χ2n) is 4.89. The summed E-state index contributed by atoms with van der Waals surface area (Å²) in [5.41, 5.74) is 3.04. The van der Waals surface area contributed by atoms with Crippen LogP contribution in [-0.4, -0.2) is 13.9 Å². The van der Waals surface area contributed by atoms with E-state index in [4.69, 9.17) is 0 Å². The minimum atomic E-state index is -1.35. The van der Waals surface area contributed by atoms with Crippen molar-refractivity contribution in [3.05, 3.63) is 0 Å². The molecule has 0 N–H and O–H groups in total. The number of rotatable bonds is 1. The third kappa shape index (κ3) is 2.49. The second kappa shape index (κ2) is 2.74. The third-order valence-electron chi connectivity index (χ3n) is 2.10. The molecule has 0 aromatic rings. The Bertz CT molecular complexity index is 258. The van der Waals surface area contributed by atoms with Crippen molar-refractivity contribution < 1.29 is 4.79 Å². The number of carbonyl (C=O) groups is 1. The average molecular weight is 180 g/mol. The summed E-state index contributed by atoms with van der Waals surface area (Å²) >= 11 is 0. The number of hydrogen-bond acceptors (Lipinski definition) is 1. The fourth-order valence-corrected chi connectivity index (χ4v) is 1.30. The standard InChI is InChI=1S/C10H16OSi/c1-10(6-7-10)9(11)5-8-12(2,3)4/h6-7H2,1-4H3. The minimum absolute atomic E-state index is 0.0628. The van der Waals surface area contributed by atoms with Crippen LogP contribution in [0.15, 0.2) is 0 Å². The molecule has 0 bridgehead atoms. The molecule has 1 aliphatic rings. The molecule has 0 aromatic carbocycles. The van der Waals surface area contributed by atoms with Crippen LogP contribution in [0, 0.1) is 16.9 Å². The Kier molecular flexibility index (Phi) is 2.18. The zero-order valence-electron chi connectivity index (χ0n) is 8.32. The smallest absolute Gasteiger partial charge is 0.210 e. The van der Waals surface area contributed by atoms with E-state index in [2.05, 4.69) is 31.1 Å². The lowest BCUT2D eigenvalue weighted by Gasteiger charge is -2.04. The van der Waals surface area contributed by atoms with Gasteiger partial charge in [0, 0.05) is 5.41 Å². The molecule has 1 aliphatic carbocycles. The van der Waals surface area contributed by atoms with Crippen LogP contribution in [0.4, 0.5) is 0 Å². The third-order valence-corrected chi connectivity index (χ3v) is 2.97. The van der Waals surface area contributed by atoms with Gasteiger partial charge in [-0.3, -0.25) is 4.79 Å². The highest BCUT2D eigenvalue weighted by molar-refractivity contribution is 6.84. The van der Waals surface area contributed by atoms with Gasteiger partial charge in [-0.1, -0.05) is 26.6 Å². The van der Waals surface area contributed by atoms with E-state index < -0.39 is 8.07 Å². The fraction of sp³-hybridized carbons (Fsp3) is 0.700. The number of carbonyl (C=O) groups excluding carboxylic acids is 1. The van der Waals surface area contributed by atoms with E-state index in [0.717, 1.165) is 12.8 Å². The lowest BCUT2D eigenvalue weighted by Crippen LogP contribution is -2.18. The summed E-state index contributed by atoms with van der Waals surface area (Å²) in [5.74, 6) is 2.96. The normalized spacial score (nSPS) is 19.3. The van der Waals surface area contributed by atoms with Crippen LogP contribution in [0.1, 0.15) is 19.8 Å². The number of ketones is 1. The molecule has 1 nitrogen and oxygen atoms in total. The maximum atomic E-state index is 11.4. The van der Waals surface area contributed by atoms with E-state index in [1.54, 1.807) is 0 Å². The lowest BCUT2D eigenvalue weighted by atomic mass is 10.1. The van der Waals surface area contributed by atoms with Crippen LogP contribution in [0.5, 0.6) is 0 Å². The number of hydrogen-bond donors (Lipinski definition) is 0. The first kappa shape index (κ1) is 9.53. The van der Waals surface area contributed by atoms with Crippen molar-refractivity contribution in [1.29, 1.82) is 0 Å². The Labute approximate surface area is 75.6 Å². The van der Waals surface area contributed by atoms with Crippen LogP contribution in [-0.2, 0) is 4.79 Å². The van der Waals surface area contributed by atoms with Crippen LogP contribution in [0.3, 0.4) is 0 Å². The Morgan fingerprint density at radius 1 is 1.33 bits per heavy atom. The molecule has 1 fully saturated rings. The molecular formula is C10H16OSi. The average Bonchev–Trinajstić information content (AvgIpc) is 2.62. The van der Waals surface area contributed by atoms with Gasteiger partial charge in [0.05, 0.1) is 0 Å². The quantitative estimate of drug-likeness (QED) is 0.447. The highest BCUT2D eigenvalue weighted by Crippen LogP contribution is 2.45. The first-order chi connectivity index (χ1) is 5.33. The van der Waals surface area contributed by atoms with Gasteiger partial charge in [0.25, 0.3) is 0 Å². The van der Waals surface area contributed by atoms with Gasteiger partial charge in [0.1, 0.15) is 8.07 Å². The molecule has 1 rings (SSSR count). The molecule has 0 aromatic heterocycles. The van der Waals surface area contributed by atoms with E-state index in [1.807, 2.05) is 6.92 Å². The Morgan fingerprint density at radius 3 is 2.17 bits per heavy atom. The summed E-state index contributed by atoms with van der Waals surface area (Å²) < 4.78 is 0. The van der Waals surface area contributed by atoms with Gasteiger partial charge in [-0.15, -0.1) is 5.54 Å². The van der Waals surface area contributed by atoms with Crippen molar-refractivity contribution in [3.8, 4) is 11.5 Å². The summed E-state index contributed by atoms with van der Waals surface area (Å²) in [6.07, 6.45) is 2.07. The van der Waals surface area contributed by atoms with Crippen molar-refractivity contribution in [2.24, 2.45) is 5.41 Å². The molecule has 0 aliphatic heterocycles. The van der Waals surface area contributed by atoms with Gasteiger partial charge in [0.15, 0.2) is 0 Å². The molecular weight excluding hydrogens is 164 g/mol. The van der Waals surface area contributed by atoms with E-state index in [-0.39, 0.29) is 11.2 Å². The van der Waals surface area contributed by atoms with Crippen molar-refractivity contribution >= 4 is 13.9 Å². The summed E-state index contributed by atoms with van der Waals surface area (Å²) in [7, 11) is -1.35. The van der Waals surface area contributed by atoms with Crippen LogP contribution >= 0.6 is 0 Å². The zero-order valence-corrected chi connectivity index (χ0v) is 9.32. The van der Waals surface area contributed by atoms with Crippen LogP contribution in [0.2, 0.25) is 19.6 Å². The Morgan fingerprint density at radius 2 is 1.83 bits per heavy atom. The van der Waals surface area contributed by atoms with Gasteiger partial charge in [-0.25, -0.2) is 0 Å². The van der Waals surface area contributed by atoms with Gasteiger partial charge in [-0.2, -0.15) is 0 Å². The maximum absolute atomic E-state index is 11.4. The molecule has 0 saturated heterocycles. The summed E-state index contributed by atoms with van der Waals surface area (Å²) in [4.78, 5) is 11.4. The zero-order chi connectivity index (χ0) is 9.41. The monoisotopic (exact) mass is 180 g/mol. The lowest BCUT2D eigenvalue weighted by molar-refractivity contribution is -0.118. The highest BCUT2D eigenvalue weighted by atomic mass is 28.3. The van der Waals surface area contributed by atoms with E-state index in [0.29, 0.717) is 0 Å². The molecule has 0 radical (unpaired) electrons. The second-order valence-corrected chi connectivity index (χ2v) is 9.64. The molecule has 0 heterocycles. The van der Waals surface area contributed by atoms with Crippen LogP contribution < -0.4 is 0 Å². The molecule has 0 atom stereocenters. The molecule has 0 unspecified atom stereocenters. The van der Waals surface area contributed by atoms with E-state index in [1.165, 1.54) is 0 Å². The molecule has 1 saturated carbocycles. The predicted molar refractivity (Wildman–Crippen MR) is 53.5 cm³/mol. The van der Waals surface area contributed by atoms with E-state index >= 15 is 0 Å². The van der Waals surface area contributed by atoms with Gasteiger partial charge < -0.3 is 0 Å². The van der Waals surface area contributed by atoms with Crippen molar-refractivity contribution in [1.82, 2.24) is 0 Å². The van der Waals surface area contributed by atoms with Crippen LogP contribution in [0.25, 0.3) is 0 Å². The molecule has 0 spiro atoms. The number of Topliss-reactive ketones (excluding diaryl/α,β-unsaturated/α-hetero) is 1. The van der Waals surface area contributed by atoms with Crippen molar-refractivity contribution in [2.45, 2.75) is 39.4 Å². The summed E-state index contributed by atoms with van der Waals surface area (Å²) in [5, 5.41) is 0. The molecule has 12 heavy (non-hydrogen) atoms. The SMILES string of the molecule is CC1(C(=O)C#C[Si](C)(C)C)CC1. The summed E-state index contributed by atoms with van der Waals surface area (Å²) in [6.45, 7) is 8.47. The van der Waals surface area contributed by atoms with Gasteiger partial charge in [0.2, 0.25) is 5.78 Å². The molecule has 66 valence electrons. The van der Waals surface area contributed by atoms with Crippen molar-refractivity contribution in [3.63, 3.8) is 0 Å². The molecule has 0 amide bonds. The predicted octanol–water partition coefficient (Wildman–Crippen LogP) is 2.24. The maximum Gasteiger partial charge on any atom is 0.210 e. The van der Waals surface area contributed by atoms with Crippen molar-refractivity contribution in [2.75, 3.05) is 0 Å². The highest BCUT2D eigenvalue weighted by Gasteiger charge is 2.43. The first-order valence-electron chi connectivity index (χ1n) is 4.41. The van der Waals surface area contributed by atoms with E-state index in [9.17, 15) is 4.79 Å². The first-order valence-corrected chi connectivity index (χ1v) is 7.91.